The fourth-order valence-electron chi connectivity index (χ4n) is 3.13. The van der Waals surface area contributed by atoms with Gasteiger partial charge in [-0.2, -0.15) is 15.3 Å². The Labute approximate surface area is 165 Å². The van der Waals surface area contributed by atoms with E-state index in [2.05, 4.69) is 20.6 Å². The molecule has 0 aliphatic rings. The standard InChI is InChI=1S/C21H17N5O3/c1-2-26-18-11-14(5-8-17(18)19(25-26)21(28)29)13-3-6-16(7-4-13)24-20(27)15-9-10-22-23-12-15/h3-12H,2H2,1H3,(H,24,27)(H,28,29). The molecule has 1 amide bonds. The monoisotopic (exact) mass is 387 g/mol. The van der Waals surface area contributed by atoms with Gasteiger partial charge in [-0.15, -0.1) is 0 Å². The van der Waals surface area contributed by atoms with Gasteiger partial charge in [-0.1, -0.05) is 18.2 Å². The van der Waals surface area contributed by atoms with Gasteiger partial charge >= 0.3 is 5.97 Å². The number of fused-ring (bicyclic) bond motifs is 1. The molecule has 0 fully saturated rings. The quantitative estimate of drug-likeness (QED) is 0.543. The van der Waals surface area contributed by atoms with Crippen molar-refractivity contribution >= 4 is 28.5 Å². The predicted octanol–water partition coefficient (Wildman–Crippen LogP) is 3.46. The number of hydrogen-bond donors (Lipinski definition) is 2. The summed E-state index contributed by atoms with van der Waals surface area (Å²) in [6.07, 6.45) is 2.87. The van der Waals surface area contributed by atoms with E-state index in [0.717, 1.165) is 16.6 Å². The highest BCUT2D eigenvalue weighted by Crippen LogP contribution is 2.27. The fourth-order valence-corrected chi connectivity index (χ4v) is 3.13. The molecule has 0 aliphatic carbocycles. The zero-order valence-electron chi connectivity index (χ0n) is 15.5. The minimum Gasteiger partial charge on any atom is -0.476 e. The molecule has 0 aliphatic heterocycles. The second-order valence-corrected chi connectivity index (χ2v) is 6.36. The molecule has 4 aromatic rings. The summed E-state index contributed by atoms with van der Waals surface area (Å²) in [4.78, 5) is 23.6. The summed E-state index contributed by atoms with van der Waals surface area (Å²) in [6.45, 7) is 2.49. The van der Waals surface area contributed by atoms with Gasteiger partial charge in [0.2, 0.25) is 0 Å². The van der Waals surface area contributed by atoms with Crippen LogP contribution in [-0.4, -0.2) is 37.0 Å². The summed E-state index contributed by atoms with van der Waals surface area (Å²) < 4.78 is 1.68. The number of aryl methyl sites for hydroxylation is 1. The van der Waals surface area contributed by atoms with E-state index in [4.69, 9.17) is 0 Å². The van der Waals surface area contributed by atoms with Crippen LogP contribution < -0.4 is 5.32 Å². The summed E-state index contributed by atoms with van der Waals surface area (Å²) in [5, 5.41) is 24.3. The highest BCUT2D eigenvalue weighted by Gasteiger charge is 2.16. The number of hydrogen-bond acceptors (Lipinski definition) is 5. The summed E-state index contributed by atoms with van der Waals surface area (Å²) in [5.74, 6) is -1.30. The third kappa shape index (κ3) is 3.55. The van der Waals surface area contributed by atoms with Gasteiger partial charge < -0.3 is 10.4 Å². The predicted molar refractivity (Wildman–Crippen MR) is 108 cm³/mol. The maximum atomic E-state index is 12.2. The molecule has 4 rings (SSSR count). The lowest BCUT2D eigenvalue weighted by Gasteiger charge is -2.07. The second-order valence-electron chi connectivity index (χ2n) is 6.36. The van der Waals surface area contributed by atoms with Crippen LogP contribution in [0.4, 0.5) is 5.69 Å². The maximum absolute atomic E-state index is 12.2. The molecule has 0 radical (unpaired) electrons. The molecule has 0 spiro atoms. The number of amides is 1. The zero-order chi connectivity index (χ0) is 20.4. The van der Waals surface area contributed by atoms with Crippen LogP contribution in [0.3, 0.4) is 0 Å². The third-order valence-corrected chi connectivity index (χ3v) is 4.58. The molecule has 0 saturated heterocycles. The molecule has 0 saturated carbocycles. The molecule has 2 heterocycles. The lowest BCUT2D eigenvalue weighted by Crippen LogP contribution is -2.12. The molecule has 8 nitrogen and oxygen atoms in total. The van der Waals surface area contributed by atoms with Crippen LogP contribution in [0.5, 0.6) is 0 Å². The number of carbonyl (C=O) groups is 2. The summed E-state index contributed by atoms with van der Waals surface area (Å²) >= 11 is 0. The minimum absolute atomic E-state index is 0.0528. The second kappa shape index (κ2) is 7.51. The Hall–Kier alpha value is -4.07. The summed E-state index contributed by atoms with van der Waals surface area (Å²) in [5.41, 5.74) is 3.78. The number of aromatic carboxylic acids is 1. The average molecular weight is 387 g/mol. The van der Waals surface area contributed by atoms with E-state index in [1.165, 1.54) is 12.4 Å². The lowest BCUT2D eigenvalue weighted by molar-refractivity contribution is 0.0691. The topological polar surface area (TPSA) is 110 Å². The number of carbonyl (C=O) groups excluding carboxylic acids is 1. The molecular weight excluding hydrogens is 370 g/mol. The molecule has 0 atom stereocenters. The number of carboxylic acid groups (broad SMARTS) is 1. The molecule has 2 aromatic carbocycles. The number of aromatic nitrogens is 4. The normalized spacial score (nSPS) is 10.8. The Kier molecular flexibility index (Phi) is 4.74. The van der Waals surface area contributed by atoms with E-state index in [0.29, 0.717) is 23.2 Å². The van der Waals surface area contributed by atoms with Crippen LogP contribution in [0, 0.1) is 0 Å². The van der Waals surface area contributed by atoms with Crippen molar-refractivity contribution in [1.82, 2.24) is 20.0 Å². The van der Waals surface area contributed by atoms with Crippen LogP contribution in [0.25, 0.3) is 22.0 Å². The van der Waals surface area contributed by atoms with E-state index >= 15 is 0 Å². The SMILES string of the molecule is CCn1nc(C(=O)O)c2ccc(-c3ccc(NC(=O)c4ccnnc4)cc3)cc21. The van der Waals surface area contributed by atoms with Gasteiger partial charge in [0.05, 0.1) is 23.5 Å². The van der Waals surface area contributed by atoms with Crippen molar-refractivity contribution in [3.63, 3.8) is 0 Å². The number of benzene rings is 2. The number of rotatable bonds is 5. The Morgan fingerprint density at radius 3 is 2.45 bits per heavy atom. The molecule has 0 unspecified atom stereocenters. The first kappa shape index (κ1) is 18.3. The van der Waals surface area contributed by atoms with E-state index in [1.54, 1.807) is 16.8 Å². The van der Waals surface area contributed by atoms with Crippen molar-refractivity contribution in [1.29, 1.82) is 0 Å². The van der Waals surface area contributed by atoms with Crippen molar-refractivity contribution in [3.8, 4) is 11.1 Å². The zero-order valence-corrected chi connectivity index (χ0v) is 15.5. The maximum Gasteiger partial charge on any atom is 0.357 e. The first-order chi connectivity index (χ1) is 14.1. The van der Waals surface area contributed by atoms with Crippen molar-refractivity contribution in [2.75, 3.05) is 5.32 Å². The van der Waals surface area contributed by atoms with Gasteiger partial charge in [0, 0.05) is 17.6 Å². The first-order valence-corrected chi connectivity index (χ1v) is 8.99. The smallest absolute Gasteiger partial charge is 0.357 e. The number of nitrogens with one attached hydrogen (secondary N) is 1. The van der Waals surface area contributed by atoms with Crippen LogP contribution in [-0.2, 0) is 6.54 Å². The van der Waals surface area contributed by atoms with Gasteiger partial charge in [0.15, 0.2) is 5.69 Å². The van der Waals surface area contributed by atoms with Gasteiger partial charge in [-0.25, -0.2) is 4.79 Å². The third-order valence-electron chi connectivity index (χ3n) is 4.58. The molecule has 0 bridgehead atoms. The Morgan fingerprint density at radius 2 is 1.79 bits per heavy atom. The number of nitrogens with zero attached hydrogens (tertiary/aromatic N) is 4. The van der Waals surface area contributed by atoms with Crippen molar-refractivity contribution < 1.29 is 14.7 Å². The molecule has 29 heavy (non-hydrogen) atoms. The molecule has 144 valence electrons. The van der Waals surface area contributed by atoms with Crippen LogP contribution >= 0.6 is 0 Å². The lowest BCUT2D eigenvalue weighted by atomic mass is 10.0. The highest BCUT2D eigenvalue weighted by atomic mass is 16.4. The number of carboxylic acids is 1. The average Bonchev–Trinajstić information content (AvgIpc) is 3.13. The summed E-state index contributed by atoms with van der Waals surface area (Å²) in [7, 11) is 0. The van der Waals surface area contributed by atoms with Crippen molar-refractivity contribution in [2.45, 2.75) is 13.5 Å². The van der Waals surface area contributed by atoms with Crippen LogP contribution in [0.15, 0.2) is 60.9 Å². The van der Waals surface area contributed by atoms with E-state index in [9.17, 15) is 14.7 Å². The Morgan fingerprint density at radius 1 is 1.03 bits per heavy atom. The molecular formula is C21H17N5O3. The van der Waals surface area contributed by atoms with E-state index in [-0.39, 0.29) is 11.6 Å². The van der Waals surface area contributed by atoms with Gasteiger partial charge in [-0.05, 0) is 48.4 Å². The van der Waals surface area contributed by atoms with Gasteiger partial charge in [0.25, 0.3) is 5.91 Å². The Bertz CT molecular complexity index is 1200. The first-order valence-electron chi connectivity index (χ1n) is 8.99. The highest BCUT2D eigenvalue weighted by molar-refractivity contribution is 6.04. The van der Waals surface area contributed by atoms with E-state index in [1.807, 2.05) is 43.3 Å². The van der Waals surface area contributed by atoms with Crippen LogP contribution in [0.2, 0.25) is 0 Å². The Balaban J connectivity index is 1.61. The van der Waals surface area contributed by atoms with Gasteiger partial charge in [-0.3, -0.25) is 9.48 Å². The molecule has 8 heteroatoms. The largest absolute Gasteiger partial charge is 0.476 e. The van der Waals surface area contributed by atoms with Crippen molar-refractivity contribution in [3.05, 3.63) is 72.2 Å². The van der Waals surface area contributed by atoms with Gasteiger partial charge in [0.1, 0.15) is 0 Å². The summed E-state index contributed by atoms with van der Waals surface area (Å²) in [6, 6.07) is 14.6. The molecule has 2 aromatic heterocycles. The number of anilines is 1. The van der Waals surface area contributed by atoms with Crippen LogP contribution in [0.1, 0.15) is 27.8 Å². The molecule has 2 N–H and O–H groups in total. The van der Waals surface area contributed by atoms with E-state index < -0.39 is 5.97 Å². The van der Waals surface area contributed by atoms with Crippen molar-refractivity contribution in [2.24, 2.45) is 0 Å². The minimum atomic E-state index is -1.04. The fraction of sp³-hybridized carbons (Fsp3) is 0.0952.